The van der Waals surface area contributed by atoms with Gasteiger partial charge >= 0.3 is 6.09 Å². The molecular formula is C14H27NO2. The second kappa shape index (κ2) is 4.87. The Kier molecular flexibility index (Phi) is 4.11. The Labute approximate surface area is 106 Å². The molecule has 0 N–H and O–H groups in total. The van der Waals surface area contributed by atoms with E-state index in [0.29, 0.717) is 5.92 Å². The first-order valence-electron chi connectivity index (χ1n) is 6.73. The zero-order valence-electron chi connectivity index (χ0n) is 12.2. The molecule has 0 aliphatic carbocycles. The Hall–Kier alpha value is -0.730. The van der Waals surface area contributed by atoms with E-state index in [-0.39, 0.29) is 11.6 Å². The minimum Gasteiger partial charge on any atom is -0.444 e. The molecule has 0 radical (unpaired) electrons. The van der Waals surface area contributed by atoms with Crippen LogP contribution in [0, 0.1) is 5.92 Å². The van der Waals surface area contributed by atoms with Gasteiger partial charge in [-0.25, -0.2) is 4.79 Å². The van der Waals surface area contributed by atoms with Crippen LogP contribution in [0.3, 0.4) is 0 Å². The van der Waals surface area contributed by atoms with Crippen molar-refractivity contribution in [1.82, 2.24) is 4.90 Å². The van der Waals surface area contributed by atoms with Crippen LogP contribution >= 0.6 is 0 Å². The molecule has 3 heteroatoms. The Morgan fingerprint density at radius 1 is 1.41 bits per heavy atom. The van der Waals surface area contributed by atoms with E-state index in [0.717, 1.165) is 25.8 Å². The molecule has 17 heavy (non-hydrogen) atoms. The average Bonchev–Trinajstić information content (AvgIpc) is 2.59. The molecule has 1 amide bonds. The van der Waals surface area contributed by atoms with Crippen molar-refractivity contribution in [2.45, 2.75) is 71.9 Å². The van der Waals surface area contributed by atoms with Crippen molar-refractivity contribution >= 4 is 6.09 Å². The lowest BCUT2D eigenvalue weighted by atomic mass is 9.81. The van der Waals surface area contributed by atoms with Crippen molar-refractivity contribution in [1.29, 1.82) is 0 Å². The SMILES string of the molecule is CCC1(C(C)C)CCCN1C(=O)OC(C)(C)C. The number of ether oxygens (including phenoxy) is 1. The lowest BCUT2D eigenvalue weighted by Gasteiger charge is -2.41. The van der Waals surface area contributed by atoms with E-state index in [4.69, 9.17) is 4.74 Å². The van der Waals surface area contributed by atoms with Crippen molar-refractivity contribution in [3.05, 3.63) is 0 Å². The van der Waals surface area contributed by atoms with Crippen LogP contribution < -0.4 is 0 Å². The fraction of sp³-hybridized carbons (Fsp3) is 0.929. The van der Waals surface area contributed by atoms with Gasteiger partial charge in [0.05, 0.1) is 0 Å². The molecule has 0 saturated carbocycles. The zero-order chi connectivity index (χ0) is 13.3. The van der Waals surface area contributed by atoms with Crippen molar-refractivity contribution in [2.75, 3.05) is 6.54 Å². The number of nitrogens with zero attached hydrogens (tertiary/aromatic N) is 1. The van der Waals surface area contributed by atoms with Gasteiger partial charge in [0, 0.05) is 12.1 Å². The molecule has 3 nitrogen and oxygen atoms in total. The first kappa shape index (κ1) is 14.3. The third-order valence-corrected chi connectivity index (χ3v) is 3.83. The van der Waals surface area contributed by atoms with Gasteiger partial charge in [-0.3, -0.25) is 0 Å². The summed E-state index contributed by atoms with van der Waals surface area (Å²) >= 11 is 0. The molecule has 0 spiro atoms. The van der Waals surface area contributed by atoms with Crippen LogP contribution in [0.2, 0.25) is 0 Å². The van der Waals surface area contributed by atoms with E-state index in [9.17, 15) is 4.79 Å². The predicted molar refractivity (Wildman–Crippen MR) is 70.0 cm³/mol. The molecule has 0 aromatic carbocycles. The molecule has 1 heterocycles. The first-order chi connectivity index (χ1) is 7.73. The van der Waals surface area contributed by atoms with Crippen molar-refractivity contribution in [2.24, 2.45) is 5.92 Å². The Morgan fingerprint density at radius 2 is 2.00 bits per heavy atom. The highest BCUT2D eigenvalue weighted by Gasteiger charge is 2.45. The van der Waals surface area contributed by atoms with Gasteiger partial charge in [0.15, 0.2) is 0 Å². The summed E-state index contributed by atoms with van der Waals surface area (Å²) < 4.78 is 5.52. The van der Waals surface area contributed by atoms with E-state index < -0.39 is 5.60 Å². The van der Waals surface area contributed by atoms with Gasteiger partial charge < -0.3 is 9.64 Å². The Balaban J connectivity index is 2.85. The topological polar surface area (TPSA) is 29.5 Å². The predicted octanol–water partition coefficient (Wildman–Crippen LogP) is 3.82. The highest BCUT2D eigenvalue weighted by atomic mass is 16.6. The number of carbonyl (C=O) groups is 1. The molecule has 1 atom stereocenters. The number of hydrogen-bond acceptors (Lipinski definition) is 2. The molecule has 1 saturated heterocycles. The summed E-state index contributed by atoms with van der Waals surface area (Å²) in [6, 6.07) is 0. The number of amides is 1. The van der Waals surface area contributed by atoms with Crippen LogP contribution in [-0.4, -0.2) is 28.7 Å². The van der Waals surface area contributed by atoms with Gasteiger partial charge in [0.25, 0.3) is 0 Å². The second-order valence-corrected chi connectivity index (χ2v) is 6.35. The summed E-state index contributed by atoms with van der Waals surface area (Å²) in [6.45, 7) is 13.2. The lowest BCUT2D eigenvalue weighted by molar-refractivity contribution is -0.00273. The van der Waals surface area contributed by atoms with E-state index in [2.05, 4.69) is 20.8 Å². The molecule has 1 fully saturated rings. The third-order valence-electron chi connectivity index (χ3n) is 3.83. The summed E-state index contributed by atoms with van der Waals surface area (Å²) in [7, 11) is 0. The molecule has 100 valence electrons. The van der Waals surface area contributed by atoms with E-state index in [1.807, 2.05) is 25.7 Å². The second-order valence-electron chi connectivity index (χ2n) is 6.35. The highest BCUT2D eigenvalue weighted by Crippen LogP contribution is 2.39. The zero-order valence-corrected chi connectivity index (χ0v) is 12.2. The van der Waals surface area contributed by atoms with Crippen LogP contribution in [0.1, 0.15) is 60.8 Å². The fourth-order valence-electron chi connectivity index (χ4n) is 2.87. The molecule has 1 aliphatic rings. The summed E-state index contributed by atoms with van der Waals surface area (Å²) in [5.74, 6) is 0.475. The Bertz CT molecular complexity index is 280. The standard InChI is InChI=1S/C14H27NO2/c1-7-14(11(2)3)9-8-10-15(14)12(16)17-13(4,5)6/h11H,7-10H2,1-6H3. The summed E-state index contributed by atoms with van der Waals surface area (Å²) in [6.07, 6.45) is 3.04. The van der Waals surface area contributed by atoms with Gasteiger partial charge in [-0.05, 0) is 46.0 Å². The maximum atomic E-state index is 12.2. The summed E-state index contributed by atoms with van der Waals surface area (Å²) in [4.78, 5) is 14.2. The van der Waals surface area contributed by atoms with Crippen LogP contribution in [0.15, 0.2) is 0 Å². The molecule has 1 unspecified atom stereocenters. The first-order valence-corrected chi connectivity index (χ1v) is 6.73. The maximum absolute atomic E-state index is 12.2. The normalized spacial score (nSPS) is 25.5. The largest absolute Gasteiger partial charge is 0.444 e. The molecule has 1 aliphatic heterocycles. The lowest BCUT2D eigenvalue weighted by Crippen LogP contribution is -2.52. The van der Waals surface area contributed by atoms with Gasteiger partial charge in [-0.15, -0.1) is 0 Å². The Morgan fingerprint density at radius 3 is 2.41 bits per heavy atom. The summed E-state index contributed by atoms with van der Waals surface area (Å²) in [5, 5.41) is 0. The van der Waals surface area contributed by atoms with Crippen LogP contribution in [0.5, 0.6) is 0 Å². The van der Waals surface area contributed by atoms with Gasteiger partial charge in [0.2, 0.25) is 0 Å². The van der Waals surface area contributed by atoms with Crippen LogP contribution in [-0.2, 0) is 4.74 Å². The molecule has 0 aromatic rings. The van der Waals surface area contributed by atoms with Crippen molar-refractivity contribution < 1.29 is 9.53 Å². The number of rotatable bonds is 2. The number of likely N-dealkylation sites (tertiary alicyclic amines) is 1. The van der Waals surface area contributed by atoms with Crippen molar-refractivity contribution in [3.8, 4) is 0 Å². The van der Waals surface area contributed by atoms with E-state index in [1.54, 1.807) is 0 Å². The average molecular weight is 241 g/mol. The van der Waals surface area contributed by atoms with Gasteiger partial charge in [-0.1, -0.05) is 20.8 Å². The molecule has 0 bridgehead atoms. The van der Waals surface area contributed by atoms with Gasteiger partial charge in [0.1, 0.15) is 5.60 Å². The highest BCUT2D eigenvalue weighted by molar-refractivity contribution is 5.69. The number of hydrogen-bond donors (Lipinski definition) is 0. The summed E-state index contributed by atoms with van der Waals surface area (Å²) in [5.41, 5.74) is -0.404. The maximum Gasteiger partial charge on any atom is 0.410 e. The van der Waals surface area contributed by atoms with Crippen LogP contribution in [0.25, 0.3) is 0 Å². The monoisotopic (exact) mass is 241 g/mol. The minimum absolute atomic E-state index is 0.00231. The minimum atomic E-state index is -0.407. The molecule has 0 aromatic heterocycles. The smallest absolute Gasteiger partial charge is 0.410 e. The third kappa shape index (κ3) is 2.93. The number of carbonyl (C=O) groups excluding carboxylic acids is 1. The van der Waals surface area contributed by atoms with Gasteiger partial charge in [-0.2, -0.15) is 0 Å². The fourth-order valence-corrected chi connectivity index (χ4v) is 2.87. The van der Waals surface area contributed by atoms with Crippen molar-refractivity contribution in [3.63, 3.8) is 0 Å². The molecular weight excluding hydrogens is 214 g/mol. The quantitative estimate of drug-likeness (QED) is 0.735. The van der Waals surface area contributed by atoms with E-state index in [1.165, 1.54) is 0 Å². The molecule has 1 rings (SSSR count). The van der Waals surface area contributed by atoms with Crippen LogP contribution in [0.4, 0.5) is 4.79 Å². The van der Waals surface area contributed by atoms with E-state index >= 15 is 0 Å².